The Bertz CT molecular complexity index is 433. The molecule has 1 aromatic rings. The average Bonchev–Trinajstić information content (AvgIpc) is 2.90. The van der Waals surface area contributed by atoms with E-state index in [1.807, 2.05) is 13.8 Å². The molecule has 0 saturated carbocycles. The maximum atomic E-state index is 12.4. The van der Waals surface area contributed by atoms with Crippen molar-refractivity contribution in [1.82, 2.24) is 5.32 Å². The number of rotatable bonds is 6. The number of hydrogen-bond donors (Lipinski definition) is 2. The first kappa shape index (κ1) is 15.0. The van der Waals surface area contributed by atoms with E-state index in [0.29, 0.717) is 12.5 Å². The van der Waals surface area contributed by atoms with Crippen molar-refractivity contribution < 1.29 is 4.79 Å². The fourth-order valence-electron chi connectivity index (χ4n) is 3.17. The monoisotopic (exact) mass is 274 g/mol. The minimum atomic E-state index is -0.383. The molecule has 0 saturated heterocycles. The minimum absolute atomic E-state index is 0.126. The third kappa shape index (κ3) is 2.88. The number of fused-ring (bicyclic) bond motifs is 1. The van der Waals surface area contributed by atoms with Gasteiger partial charge in [-0.25, -0.2) is 0 Å². The zero-order valence-corrected chi connectivity index (χ0v) is 12.6. The van der Waals surface area contributed by atoms with E-state index in [4.69, 9.17) is 5.73 Å². The van der Waals surface area contributed by atoms with Crippen LogP contribution in [0.1, 0.15) is 37.8 Å². The van der Waals surface area contributed by atoms with Crippen LogP contribution in [0.15, 0.2) is 24.3 Å². The zero-order valence-electron chi connectivity index (χ0n) is 12.6. The Balaban J connectivity index is 1.89. The molecule has 1 amide bonds. The topological polar surface area (TPSA) is 55.1 Å². The molecule has 0 aromatic heterocycles. The Morgan fingerprint density at radius 1 is 1.25 bits per heavy atom. The lowest BCUT2D eigenvalue weighted by molar-refractivity contribution is -0.131. The van der Waals surface area contributed by atoms with Gasteiger partial charge in [-0.2, -0.15) is 0 Å². The number of nitrogens with two attached hydrogens (primary N) is 1. The molecule has 1 aliphatic rings. The van der Waals surface area contributed by atoms with E-state index in [2.05, 4.69) is 29.6 Å². The number of nitrogens with one attached hydrogen (secondary N) is 1. The molecule has 0 aliphatic heterocycles. The van der Waals surface area contributed by atoms with Crippen LogP contribution in [0.5, 0.6) is 0 Å². The molecule has 1 aliphatic carbocycles. The summed E-state index contributed by atoms with van der Waals surface area (Å²) < 4.78 is 0. The summed E-state index contributed by atoms with van der Waals surface area (Å²) in [5, 5.41) is 3.13. The standard InChI is InChI=1S/C17H26N2O/c1-3-17(4-2,12-18)16(20)19-11-13-9-14-7-5-6-8-15(14)10-13/h5-8,13H,3-4,9-12,18H2,1-2H3,(H,19,20). The second-order valence-corrected chi connectivity index (χ2v) is 5.94. The van der Waals surface area contributed by atoms with E-state index in [9.17, 15) is 4.79 Å². The van der Waals surface area contributed by atoms with Crippen molar-refractivity contribution in [1.29, 1.82) is 0 Å². The van der Waals surface area contributed by atoms with E-state index in [1.54, 1.807) is 0 Å². The van der Waals surface area contributed by atoms with Crippen molar-refractivity contribution >= 4 is 5.91 Å². The van der Waals surface area contributed by atoms with Gasteiger partial charge in [0, 0.05) is 13.1 Å². The highest BCUT2D eigenvalue weighted by molar-refractivity contribution is 5.82. The highest BCUT2D eigenvalue weighted by Crippen LogP contribution is 2.27. The molecule has 3 nitrogen and oxygen atoms in total. The molecule has 3 N–H and O–H groups in total. The van der Waals surface area contributed by atoms with Crippen molar-refractivity contribution in [3.05, 3.63) is 35.4 Å². The van der Waals surface area contributed by atoms with Crippen molar-refractivity contribution in [2.24, 2.45) is 17.1 Å². The molecule has 3 heteroatoms. The normalized spacial score (nSPS) is 15.2. The van der Waals surface area contributed by atoms with Gasteiger partial charge >= 0.3 is 0 Å². The third-order valence-electron chi connectivity index (χ3n) is 4.91. The summed E-state index contributed by atoms with van der Waals surface area (Å²) >= 11 is 0. The lowest BCUT2D eigenvalue weighted by Gasteiger charge is -2.29. The maximum absolute atomic E-state index is 12.4. The number of amides is 1. The molecule has 0 radical (unpaired) electrons. The Hall–Kier alpha value is -1.35. The van der Waals surface area contributed by atoms with Crippen LogP contribution in [0.2, 0.25) is 0 Å². The summed E-state index contributed by atoms with van der Waals surface area (Å²) in [5.41, 5.74) is 8.30. The summed E-state index contributed by atoms with van der Waals surface area (Å²) in [7, 11) is 0. The van der Waals surface area contributed by atoms with Crippen LogP contribution in [-0.2, 0) is 17.6 Å². The molecule has 0 unspecified atom stereocenters. The summed E-state index contributed by atoms with van der Waals surface area (Å²) in [6.45, 7) is 5.27. The Kier molecular flexibility index (Phi) is 4.81. The van der Waals surface area contributed by atoms with Crippen LogP contribution in [0.4, 0.5) is 0 Å². The molecule has 0 heterocycles. The number of carbonyl (C=O) groups excluding carboxylic acids is 1. The number of carbonyl (C=O) groups is 1. The summed E-state index contributed by atoms with van der Waals surface area (Å²) in [6.07, 6.45) is 3.75. The summed E-state index contributed by atoms with van der Waals surface area (Å²) in [6, 6.07) is 8.57. The largest absolute Gasteiger partial charge is 0.355 e. The number of hydrogen-bond acceptors (Lipinski definition) is 2. The van der Waals surface area contributed by atoms with Crippen LogP contribution in [0.3, 0.4) is 0 Å². The Labute approximate surface area is 121 Å². The average molecular weight is 274 g/mol. The van der Waals surface area contributed by atoms with Gasteiger partial charge in [-0.15, -0.1) is 0 Å². The second kappa shape index (κ2) is 6.40. The SMILES string of the molecule is CCC(CC)(CN)C(=O)NCC1Cc2ccccc2C1. The quantitative estimate of drug-likeness (QED) is 0.836. The lowest BCUT2D eigenvalue weighted by Crippen LogP contribution is -2.46. The molecule has 20 heavy (non-hydrogen) atoms. The van der Waals surface area contributed by atoms with E-state index in [-0.39, 0.29) is 11.3 Å². The van der Waals surface area contributed by atoms with E-state index in [0.717, 1.165) is 32.2 Å². The third-order valence-corrected chi connectivity index (χ3v) is 4.91. The second-order valence-electron chi connectivity index (χ2n) is 5.94. The van der Waals surface area contributed by atoms with Gasteiger partial charge in [0.25, 0.3) is 0 Å². The van der Waals surface area contributed by atoms with Crippen LogP contribution < -0.4 is 11.1 Å². The van der Waals surface area contributed by atoms with Gasteiger partial charge in [0.05, 0.1) is 5.41 Å². The molecule has 110 valence electrons. The molecular formula is C17H26N2O. The van der Waals surface area contributed by atoms with E-state index < -0.39 is 0 Å². The van der Waals surface area contributed by atoms with Crippen LogP contribution in [0, 0.1) is 11.3 Å². The smallest absolute Gasteiger partial charge is 0.227 e. The summed E-state index contributed by atoms with van der Waals surface area (Å²) in [5.74, 6) is 0.654. The van der Waals surface area contributed by atoms with Gasteiger partial charge in [-0.1, -0.05) is 38.1 Å². The van der Waals surface area contributed by atoms with Crippen molar-refractivity contribution in [2.45, 2.75) is 39.5 Å². The van der Waals surface area contributed by atoms with Crippen LogP contribution in [-0.4, -0.2) is 19.0 Å². The predicted octanol–water partition coefficient (Wildman–Crippen LogP) is 2.28. The Morgan fingerprint density at radius 2 is 1.80 bits per heavy atom. The molecular weight excluding hydrogens is 248 g/mol. The van der Waals surface area contributed by atoms with Crippen molar-refractivity contribution in [2.75, 3.05) is 13.1 Å². The van der Waals surface area contributed by atoms with E-state index in [1.165, 1.54) is 11.1 Å². The molecule has 0 fully saturated rings. The summed E-state index contributed by atoms with van der Waals surface area (Å²) in [4.78, 5) is 12.4. The van der Waals surface area contributed by atoms with Gasteiger partial charge in [-0.05, 0) is 42.7 Å². The van der Waals surface area contributed by atoms with Crippen LogP contribution in [0.25, 0.3) is 0 Å². The fraction of sp³-hybridized carbons (Fsp3) is 0.588. The molecule has 0 atom stereocenters. The maximum Gasteiger partial charge on any atom is 0.227 e. The van der Waals surface area contributed by atoms with Gasteiger partial charge < -0.3 is 11.1 Å². The van der Waals surface area contributed by atoms with E-state index >= 15 is 0 Å². The predicted molar refractivity (Wildman–Crippen MR) is 82.4 cm³/mol. The first-order valence-corrected chi connectivity index (χ1v) is 7.70. The van der Waals surface area contributed by atoms with Gasteiger partial charge in [0.1, 0.15) is 0 Å². The molecule has 0 bridgehead atoms. The Morgan fingerprint density at radius 3 is 2.25 bits per heavy atom. The van der Waals surface area contributed by atoms with Gasteiger partial charge in [0.2, 0.25) is 5.91 Å². The van der Waals surface area contributed by atoms with Crippen molar-refractivity contribution in [3.63, 3.8) is 0 Å². The molecule has 1 aromatic carbocycles. The van der Waals surface area contributed by atoms with Crippen molar-refractivity contribution in [3.8, 4) is 0 Å². The highest BCUT2D eigenvalue weighted by Gasteiger charge is 2.33. The zero-order chi connectivity index (χ0) is 14.6. The fourth-order valence-corrected chi connectivity index (χ4v) is 3.17. The molecule has 2 rings (SSSR count). The lowest BCUT2D eigenvalue weighted by atomic mass is 9.81. The number of benzene rings is 1. The molecule has 0 spiro atoms. The van der Waals surface area contributed by atoms with Gasteiger partial charge in [-0.3, -0.25) is 4.79 Å². The van der Waals surface area contributed by atoms with Gasteiger partial charge in [0.15, 0.2) is 0 Å². The minimum Gasteiger partial charge on any atom is -0.355 e. The first-order valence-electron chi connectivity index (χ1n) is 7.70. The first-order chi connectivity index (χ1) is 9.65. The highest BCUT2D eigenvalue weighted by atomic mass is 16.2. The van der Waals surface area contributed by atoms with Crippen LogP contribution >= 0.6 is 0 Å².